The molecule has 1 amide bonds. The molecule has 1 N–H and O–H groups in total. The number of carbonyl (C=O) groups is 1. The minimum absolute atomic E-state index is 0.0781. The molecular formula is C14H19N3OS. The van der Waals surface area contributed by atoms with Gasteiger partial charge in [0.2, 0.25) is 5.91 Å². The van der Waals surface area contributed by atoms with Gasteiger partial charge in [0.1, 0.15) is 0 Å². The second kappa shape index (κ2) is 6.52. The third-order valence-electron chi connectivity index (χ3n) is 2.94. The first-order valence-electron chi connectivity index (χ1n) is 6.45. The standard InChI is InChI=1S/C14H19N3OS/c1-11(10-17-7-4-6-15-17)14(18)16-12(2)9-13-5-3-8-19-13/h3-8,11-12H,9-10H2,1-2H3,(H,16,18). The number of carbonyl (C=O) groups excluding carboxylic acids is 1. The molecule has 0 aliphatic heterocycles. The first-order valence-corrected chi connectivity index (χ1v) is 7.33. The molecular weight excluding hydrogens is 258 g/mol. The van der Waals surface area contributed by atoms with Crippen molar-refractivity contribution in [3.63, 3.8) is 0 Å². The molecule has 0 radical (unpaired) electrons. The van der Waals surface area contributed by atoms with Gasteiger partial charge in [-0.05, 0) is 24.4 Å². The van der Waals surface area contributed by atoms with E-state index in [2.05, 4.69) is 21.9 Å². The van der Waals surface area contributed by atoms with Crippen molar-refractivity contribution in [1.29, 1.82) is 0 Å². The fourth-order valence-corrected chi connectivity index (χ4v) is 2.77. The summed E-state index contributed by atoms with van der Waals surface area (Å²) >= 11 is 1.73. The lowest BCUT2D eigenvalue weighted by Crippen LogP contribution is -2.38. The minimum Gasteiger partial charge on any atom is -0.353 e. The van der Waals surface area contributed by atoms with Crippen LogP contribution in [0.2, 0.25) is 0 Å². The topological polar surface area (TPSA) is 46.9 Å². The van der Waals surface area contributed by atoms with Gasteiger partial charge in [-0.25, -0.2) is 0 Å². The number of hydrogen-bond acceptors (Lipinski definition) is 3. The highest BCUT2D eigenvalue weighted by Gasteiger charge is 2.16. The molecule has 102 valence electrons. The van der Waals surface area contributed by atoms with Gasteiger partial charge in [-0.3, -0.25) is 9.48 Å². The molecule has 2 unspecified atom stereocenters. The van der Waals surface area contributed by atoms with Gasteiger partial charge in [-0.15, -0.1) is 11.3 Å². The molecule has 0 saturated carbocycles. The highest BCUT2D eigenvalue weighted by Crippen LogP contribution is 2.11. The van der Waals surface area contributed by atoms with Crippen molar-refractivity contribution in [3.8, 4) is 0 Å². The SMILES string of the molecule is CC(Cc1cccs1)NC(=O)C(C)Cn1cccn1. The first kappa shape index (κ1) is 13.8. The summed E-state index contributed by atoms with van der Waals surface area (Å²) in [5, 5.41) is 9.23. The summed E-state index contributed by atoms with van der Waals surface area (Å²) < 4.78 is 1.79. The molecule has 4 nitrogen and oxygen atoms in total. The van der Waals surface area contributed by atoms with Crippen molar-refractivity contribution < 1.29 is 4.79 Å². The highest BCUT2D eigenvalue weighted by atomic mass is 32.1. The summed E-state index contributed by atoms with van der Waals surface area (Å²) in [6.07, 6.45) is 4.49. The van der Waals surface area contributed by atoms with Crippen LogP contribution in [0.25, 0.3) is 0 Å². The molecule has 0 aliphatic carbocycles. The van der Waals surface area contributed by atoms with Gasteiger partial charge in [0.15, 0.2) is 0 Å². The van der Waals surface area contributed by atoms with Crippen LogP contribution in [-0.4, -0.2) is 21.7 Å². The highest BCUT2D eigenvalue weighted by molar-refractivity contribution is 7.09. The van der Waals surface area contributed by atoms with E-state index in [1.807, 2.05) is 32.2 Å². The molecule has 0 spiro atoms. The summed E-state index contributed by atoms with van der Waals surface area (Å²) in [5.41, 5.74) is 0. The van der Waals surface area contributed by atoms with Crippen molar-refractivity contribution in [1.82, 2.24) is 15.1 Å². The minimum atomic E-state index is -0.0781. The number of amides is 1. The van der Waals surface area contributed by atoms with Crippen LogP contribution in [0.1, 0.15) is 18.7 Å². The van der Waals surface area contributed by atoms with Crippen LogP contribution in [-0.2, 0) is 17.8 Å². The van der Waals surface area contributed by atoms with Gasteiger partial charge in [0.05, 0.1) is 12.5 Å². The number of rotatable bonds is 6. The van der Waals surface area contributed by atoms with Crippen LogP contribution in [0, 0.1) is 5.92 Å². The fourth-order valence-electron chi connectivity index (χ4n) is 1.94. The van der Waals surface area contributed by atoms with Gasteiger partial charge in [-0.1, -0.05) is 13.0 Å². The summed E-state index contributed by atoms with van der Waals surface area (Å²) in [7, 11) is 0. The van der Waals surface area contributed by atoms with E-state index in [0.29, 0.717) is 6.54 Å². The van der Waals surface area contributed by atoms with Crippen molar-refractivity contribution >= 4 is 17.2 Å². The molecule has 0 saturated heterocycles. The lowest BCUT2D eigenvalue weighted by atomic mass is 10.1. The van der Waals surface area contributed by atoms with Crippen LogP contribution < -0.4 is 5.32 Å². The maximum absolute atomic E-state index is 12.1. The van der Waals surface area contributed by atoms with Crippen molar-refractivity contribution in [2.45, 2.75) is 32.9 Å². The van der Waals surface area contributed by atoms with Crippen molar-refractivity contribution in [3.05, 3.63) is 40.8 Å². The van der Waals surface area contributed by atoms with Crippen LogP contribution in [0.5, 0.6) is 0 Å². The average Bonchev–Trinajstić information content (AvgIpc) is 3.01. The first-order chi connectivity index (χ1) is 9.15. The molecule has 5 heteroatoms. The predicted molar refractivity (Wildman–Crippen MR) is 77.0 cm³/mol. The van der Waals surface area contributed by atoms with E-state index in [-0.39, 0.29) is 17.9 Å². The largest absolute Gasteiger partial charge is 0.353 e. The molecule has 0 fully saturated rings. The number of aromatic nitrogens is 2. The Balaban J connectivity index is 1.79. The second-order valence-electron chi connectivity index (χ2n) is 4.82. The van der Waals surface area contributed by atoms with E-state index < -0.39 is 0 Å². The fraction of sp³-hybridized carbons (Fsp3) is 0.429. The molecule has 0 bridgehead atoms. The van der Waals surface area contributed by atoms with Gasteiger partial charge in [0.25, 0.3) is 0 Å². The van der Waals surface area contributed by atoms with Gasteiger partial charge in [0, 0.05) is 29.7 Å². The lowest BCUT2D eigenvalue weighted by molar-refractivity contribution is -0.125. The van der Waals surface area contributed by atoms with E-state index in [4.69, 9.17) is 0 Å². The number of nitrogens with one attached hydrogen (secondary N) is 1. The zero-order valence-corrected chi connectivity index (χ0v) is 12.1. The monoisotopic (exact) mass is 277 g/mol. The summed E-state index contributed by atoms with van der Waals surface area (Å²) in [6.45, 7) is 4.58. The Bertz CT molecular complexity index is 493. The number of hydrogen-bond donors (Lipinski definition) is 1. The average molecular weight is 277 g/mol. The maximum atomic E-state index is 12.1. The number of thiophene rings is 1. The van der Waals surface area contributed by atoms with Crippen molar-refractivity contribution in [2.75, 3.05) is 0 Å². The molecule has 0 aliphatic rings. The van der Waals surface area contributed by atoms with Crippen LogP contribution in [0.3, 0.4) is 0 Å². The van der Waals surface area contributed by atoms with E-state index in [0.717, 1.165) is 6.42 Å². The smallest absolute Gasteiger partial charge is 0.224 e. The molecule has 2 aromatic rings. The molecule has 0 aromatic carbocycles. The Morgan fingerprint density at radius 1 is 1.47 bits per heavy atom. The second-order valence-corrected chi connectivity index (χ2v) is 5.85. The van der Waals surface area contributed by atoms with E-state index in [1.165, 1.54) is 4.88 Å². The third-order valence-corrected chi connectivity index (χ3v) is 3.84. The zero-order chi connectivity index (χ0) is 13.7. The van der Waals surface area contributed by atoms with E-state index in [1.54, 1.807) is 22.2 Å². The van der Waals surface area contributed by atoms with E-state index in [9.17, 15) is 4.79 Å². The Labute approximate surface area is 117 Å². The van der Waals surface area contributed by atoms with E-state index >= 15 is 0 Å². The quantitative estimate of drug-likeness (QED) is 0.881. The Morgan fingerprint density at radius 2 is 2.32 bits per heavy atom. The Kier molecular flexibility index (Phi) is 4.74. The molecule has 2 atom stereocenters. The molecule has 19 heavy (non-hydrogen) atoms. The lowest BCUT2D eigenvalue weighted by Gasteiger charge is -2.17. The summed E-state index contributed by atoms with van der Waals surface area (Å²) in [4.78, 5) is 13.4. The van der Waals surface area contributed by atoms with Crippen molar-refractivity contribution in [2.24, 2.45) is 5.92 Å². The molecule has 2 aromatic heterocycles. The van der Waals surface area contributed by atoms with Gasteiger partial charge >= 0.3 is 0 Å². The zero-order valence-electron chi connectivity index (χ0n) is 11.2. The molecule has 2 heterocycles. The normalized spacial score (nSPS) is 14.0. The number of nitrogens with zero attached hydrogens (tertiary/aromatic N) is 2. The van der Waals surface area contributed by atoms with Gasteiger partial charge in [-0.2, -0.15) is 5.10 Å². The Morgan fingerprint density at radius 3 is 2.95 bits per heavy atom. The Hall–Kier alpha value is -1.62. The maximum Gasteiger partial charge on any atom is 0.224 e. The third kappa shape index (κ3) is 4.21. The van der Waals surface area contributed by atoms with Crippen LogP contribution >= 0.6 is 11.3 Å². The summed E-state index contributed by atoms with van der Waals surface area (Å²) in [5.74, 6) is 0.00485. The molecule has 2 rings (SSSR count). The summed E-state index contributed by atoms with van der Waals surface area (Å²) in [6, 6.07) is 6.16. The van der Waals surface area contributed by atoms with Gasteiger partial charge < -0.3 is 5.32 Å². The predicted octanol–water partition coefficient (Wildman–Crippen LogP) is 2.33. The van der Waals surface area contributed by atoms with Crippen LogP contribution in [0.4, 0.5) is 0 Å². The van der Waals surface area contributed by atoms with Crippen LogP contribution in [0.15, 0.2) is 36.0 Å².